The highest BCUT2D eigenvalue weighted by Crippen LogP contribution is 2.33. The Morgan fingerprint density at radius 3 is 2.68 bits per heavy atom. The Hall–Kier alpha value is -0.980. The predicted octanol–water partition coefficient (Wildman–Crippen LogP) is 0.0217. The van der Waals surface area contributed by atoms with Crippen LogP contribution in [0.25, 0.3) is 0 Å². The summed E-state index contributed by atoms with van der Waals surface area (Å²) >= 11 is 0. The fourth-order valence-electron chi connectivity index (χ4n) is 3.24. The highest BCUT2D eigenvalue weighted by atomic mass is 16.5. The van der Waals surface area contributed by atoms with Gasteiger partial charge >= 0.3 is 0 Å². The van der Waals surface area contributed by atoms with Crippen molar-refractivity contribution in [3.63, 3.8) is 0 Å². The van der Waals surface area contributed by atoms with E-state index in [1.165, 1.54) is 25.9 Å². The van der Waals surface area contributed by atoms with Crippen molar-refractivity contribution in [2.45, 2.75) is 31.3 Å². The van der Waals surface area contributed by atoms with Crippen LogP contribution in [0, 0.1) is 5.92 Å². The van der Waals surface area contributed by atoms with Crippen molar-refractivity contribution >= 4 is 0 Å². The molecule has 2 bridgehead atoms. The summed E-state index contributed by atoms with van der Waals surface area (Å²) in [5.41, 5.74) is 6.11. The second-order valence-corrected chi connectivity index (χ2v) is 6.10. The van der Waals surface area contributed by atoms with Crippen molar-refractivity contribution in [2.24, 2.45) is 11.7 Å². The monoisotopic (exact) mass is 263 g/mol. The molecule has 1 aliphatic carbocycles. The van der Waals surface area contributed by atoms with Crippen molar-refractivity contribution in [2.75, 3.05) is 32.7 Å². The van der Waals surface area contributed by atoms with Crippen LogP contribution >= 0.6 is 0 Å². The first-order valence-electron chi connectivity index (χ1n) is 7.34. The van der Waals surface area contributed by atoms with E-state index in [1.54, 1.807) is 0 Å². The average molecular weight is 263 g/mol. The standard InChI is InChI=1S/C13H21N5O/c14-10(9-1-2-9)7-12-15-13(16-19-12)11-8-17-3-5-18(11)6-4-17/h9-11H,1-8,14H2. The third-order valence-electron chi connectivity index (χ3n) is 4.70. The highest BCUT2D eigenvalue weighted by molar-refractivity contribution is 5.02. The van der Waals surface area contributed by atoms with E-state index in [0.717, 1.165) is 31.9 Å². The zero-order valence-electron chi connectivity index (χ0n) is 11.2. The zero-order chi connectivity index (χ0) is 12.8. The molecule has 1 aromatic heterocycles. The third kappa shape index (κ3) is 2.28. The Labute approximate surface area is 112 Å². The molecule has 4 aliphatic rings. The minimum atomic E-state index is 0.195. The van der Waals surface area contributed by atoms with E-state index in [2.05, 4.69) is 19.9 Å². The van der Waals surface area contributed by atoms with E-state index in [-0.39, 0.29) is 6.04 Å². The van der Waals surface area contributed by atoms with Gasteiger partial charge in [0.15, 0.2) is 5.82 Å². The van der Waals surface area contributed by atoms with Crippen molar-refractivity contribution in [3.05, 3.63) is 11.7 Å². The number of aromatic nitrogens is 2. The van der Waals surface area contributed by atoms with Crippen molar-refractivity contribution in [1.82, 2.24) is 19.9 Å². The van der Waals surface area contributed by atoms with E-state index < -0.39 is 0 Å². The van der Waals surface area contributed by atoms with Gasteiger partial charge in [-0.3, -0.25) is 9.80 Å². The second kappa shape index (κ2) is 4.54. The summed E-state index contributed by atoms with van der Waals surface area (Å²) in [6, 6.07) is 0.511. The molecule has 0 aromatic carbocycles. The molecule has 5 rings (SSSR count). The van der Waals surface area contributed by atoms with Crippen molar-refractivity contribution in [3.8, 4) is 0 Å². The lowest BCUT2D eigenvalue weighted by molar-refractivity contribution is 0.00781. The summed E-state index contributed by atoms with van der Waals surface area (Å²) in [4.78, 5) is 9.53. The summed E-state index contributed by atoms with van der Waals surface area (Å²) in [5.74, 6) is 2.24. The molecular formula is C13H21N5O. The number of fused-ring (bicyclic) bond motifs is 3. The maximum Gasteiger partial charge on any atom is 0.228 e. The largest absolute Gasteiger partial charge is 0.339 e. The Bertz CT molecular complexity index is 450. The molecule has 1 saturated carbocycles. The minimum absolute atomic E-state index is 0.195. The lowest BCUT2D eigenvalue weighted by atomic mass is 10.1. The normalized spacial score (nSPS) is 35.5. The predicted molar refractivity (Wildman–Crippen MR) is 69.5 cm³/mol. The van der Waals surface area contributed by atoms with Gasteiger partial charge in [-0.15, -0.1) is 0 Å². The molecule has 1 aromatic rings. The quantitative estimate of drug-likeness (QED) is 0.826. The average Bonchev–Trinajstić information content (AvgIpc) is 3.21. The van der Waals surface area contributed by atoms with Crippen LogP contribution in [0.4, 0.5) is 0 Å². The molecule has 104 valence electrons. The maximum absolute atomic E-state index is 6.11. The van der Waals surface area contributed by atoms with E-state index in [4.69, 9.17) is 10.3 Å². The SMILES string of the molecule is NC(Cc1nc(C2CN3CCN2CC3)no1)C1CC1. The van der Waals surface area contributed by atoms with E-state index in [9.17, 15) is 0 Å². The first-order chi connectivity index (χ1) is 9.29. The molecule has 2 atom stereocenters. The molecule has 2 N–H and O–H groups in total. The number of nitrogens with zero attached hydrogens (tertiary/aromatic N) is 4. The zero-order valence-corrected chi connectivity index (χ0v) is 11.2. The van der Waals surface area contributed by atoms with Crippen molar-refractivity contribution < 1.29 is 4.52 Å². The number of hydrogen-bond donors (Lipinski definition) is 1. The number of nitrogens with two attached hydrogens (primary N) is 1. The number of piperazine rings is 3. The van der Waals surface area contributed by atoms with Gasteiger partial charge in [0.1, 0.15) is 0 Å². The first-order valence-corrected chi connectivity index (χ1v) is 7.34. The van der Waals surface area contributed by atoms with Crippen LogP contribution in [0.3, 0.4) is 0 Å². The Morgan fingerprint density at radius 1 is 1.26 bits per heavy atom. The summed E-state index contributed by atoms with van der Waals surface area (Å²) in [6.07, 6.45) is 3.25. The Morgan fingerprint density at radius 2 is 2.05 bits per heavy atom. The van der Waals surface area contributed by atoms with Crippen LogP contribution in [-0.4, -0.2) is 58.7 Å². The van der Waals surface area contributed by atoms with E-state index in [0.29, 0.717) is 17.9 Å². The van der Waals surface area contributed by atoms with Crippen LogP contribution in [0.2, 0.25) is 0 Å². The number of hydrogen-bond acceptors (Lipinski definition) is 6. The summed E-state index contributed by atoms with van der Waals surface area (Å²) in [6.45, 7) is 5.63. The van der Waals surface area contributed by atoms with Crippen molar-refractivity contribution in [1.29, 1.82) is 0 Å². The molecule has 3 saturated heterocycles. The molecule has 6 nitrogen and oxygen atoms in total. The van der Waals surface area contributed by atoms with Gasteiger partial charge in [0.05, 0.1) is 6.04 Å². The molecule has 0 radical (unpaired) electrons. The first kappa shape index (κ1) is 11.8. The van der Waals surface area contributed by atoms with E-state index >= 15 is 0 Å². The summed E-state index contributed by atoms with van der Waals surface area (Å²) in [7, 11) is 0. The molecule has 2 unspecified atom stereocenters. The lowest BCUT2D eigenvalue weighted by Crippen LogP contribution is -2.57. The lowest BCUT2D eigenvalue weighted by Gasteiger charge is -2.46. The molecule has 6 heteroatoms. The minimum Gasteiger partial charge on any atom is -0.339 e. The van der Waals surface area contributed by atoms with Crippen LogP contribution in [0.15, 0.2) is 4.52 Å². The summed E-state index contributed by atoms with van der Waals surface area (Å²) < 4.78 is 5.39. The Kier molecular flexibility index (Phi) is 2.82. The van der Waals surface area contributed by atoms with Gasteiger partial charge in [-0.25, -0.2) is 0 Å². The molecular weight excluding hydrogens is 242 g/mol. The second-order valence-electron chi connectivity index (χ2n) is 6.10. The molecule has 4 fully saturated rings. The fraction of sp³-hybridized carbons (Fsp3) is 0.846. The molecule has 19 heavy (non-hydrogen) atoms. The highest BCUT2D eigenvalue weighted by Gasteiger charge is 2.36. The Balaban J connectivity index is 1.45. The smallest absolute Gasteiger partial charge is 0.228 e. The van der Waals surface area contributed by atoms with Crippen LogP contribution in [0.1, 0.15) is 30.6 Å². The molecule has 0 amide bonds. The molecule has 0 spiro atoms. The van der Waals surface area contributed by atoms with Gasteiger partial charge in [0.2, 0.25) is 5.89 Å². The van der Waals surface area contributed by atoms with Gasteiger partial charge in [-0.2, -0.15) is 4.98 Å². The van der Waals surface area contributed by atoms with Gasteiger partial charge in [-0.05, 0) is 18.8 Å². The van der Waals surface area contributed by atoms with Gasteiger partial charge in [0, 0.05) is 45.2 Å². The molecule has 3 aliphatic heterocycles. The number of rotatable bonds is 4. The van der Waals surface area contributed by atoms with Crippen LogP contribution in [-0.2, 0) is 6.42 Å². The third-order valence-corrected chi connectivity index (χ3v) is 4.70. The van der Waals surface area contributed by atoms with Crippen LogP contribution < -0.4 is 5.73 Å². The molecule has 4 heterocycles. The summed E-state index contributed by atoms with van der Waals surface area (Å²) in [5, 5.41) is 4.18. The van der Waals surface area contributed by atoms with Crippen LogP contribution in [0.5, 0.6) is 0 Å². The topological polar surface area (TPSA) is 71.4 Å². The fourth-order valence-corrected chi connectivity index (χ4v) is 3.24. The van der Waals surface area contributed by atoms with Gasteiger partial charge < -0.3 is 10.3 Å². The van der Waals surface area contributed by atoms with Gasteiger partial charge in [0.25, 0.3) is 0 Å². The maximum atomic E-state index is 6.11. The van der Waals surface area contributed by atoms with E-state index in [1.807, 2.05) is 0 Å². The van der Waals surface area contributed by atoms with Gasteiger partial charge in [-0.1, -0.05) is 5.16 Å².